The number of aromatic nitrogens is 1. The molecule has 4 heteroatoms. The van der Waals surface area contributed by atoms with E-state index in [9.17, 15) is 0 Å². The number of hydrogen-bond donors (Lipinski definition) is 1. The summed E-state index contributed by atoms with van der Waals surface area (Å²) >= 11 is 1.80. The smallest absolute Gasteiger partial charge is 0.0982 e. The van der Waals surface area contributed by atoms with E-state index in [1.165, 1.54) is 36.4 Å². The minimum Gasteiger partial charge on any atom is -0.381 e. The normalized spacial score (nSPS) is 25.9. The standard InChI is InChI=1S/C12H18N2OS/c1-2-9(7-15-5-1)12-14-11(8-16-12)6-13-10-3-4-10/h8-10,13H,1-7H2. The van der Waals surface area contributed by atoms with Crippen molar-refractivity contribution >= 4 is 11.3 Å². The lowest BCUT2D eigenvalue weighted by Gasteiger charge is -2.19. The van der Waals surface area contributed by atoms with Crippen LogP contribution in [0.15, 0.2) is 5.38 Å². The van der Waals surface area contributed by atoms with E-state index in [0.29, 0.717) is 5.92 Å². The Morgan fingerprint density at radius 3 is 3.12 bits per heavy atom. The highest BCUT2D eigenvalue weighted by Crippen LogP contribution is 2.28. The summed E-state index contributed by atoms with van der Waals surface area (Å²) in [5.74, 6) is 0.549. The summed E-state index contributed by atoms with van der Waals surface area (Å²) < 4.78 is 5.50. The highest BCUT2D eigenvalue weighted by atomic mass is 32.1. The summed E-state index contributed by atoms with van der Waals surface area (Å²) in [6.45, 7) is 2.73. The molecule has 16 heavy (non-hydrogen) atoms. The molecule has 1 aliphatic heterocycles. The molecule has 1 unspecified atom stereocenters. The monoisotopic (exact) mass is 238 g/mol. The highest BCUT2D eigenvalue weighted by Gasteiger charge is 2.22. The van der Waals surface area contributed by atoms with Crippen LogP contribution >= 0.6 is 11.3 Å². The van der Waals surface area contributed by atoms with E-state index in [4.69, 9.17) is 9.72 Å². The molecule has 1 aromatic heterocycles. The van der Waals surface area contributed by atoms with E-state index in [-0.39, 0.29) is 0 Å². The zero-order valence-electron chi connectivity index (χ0n) is 9.45. The van der Waals surface area contributed by atoms with Crippen LogP contribution in [0.25, 0.3) is 0 Å². The molecule has 1 saturated heterocycles. The number of rotatable bonds is 4. The van der Waals surface area contributed by atoms with Gasteiger partial charge in [0.05, 0.1) is 17.3 Å². The quantitative estimate of drug-likeness (QED) is 0.874. The molecule has 3 nitrogen and oxygen atoms in total. The van der Waals surface area contributed by atoms with Gasteiger partial charge in [-0.15, -0.1) is 11.3 Å². The topological polar surface area (TPSA) is 34.1 Å². The Labute approximate surface area is 100 Å². The van der Waals surface area contributed by atoms with Gasteiger partial charge in [0.25, 0.3) is 0 Å². The van der Waals surface area contributed by atoms with Crippen LogP contribution in [0, 0.1) is 0 Å². The molecule has 1 saturated carbocycles. The maximum atomic E-state index is 5.50. The van der Waals surface area contributed by atoms with Crippen molar-refractivity contribution in [1.29, 1.82) is 0 Å². The molecule has 0 amide bonds. The van der Waals surface area contributed by atoms with E-state index in [1.807, 2.05) is 0 Å². The lowest BCUT2D eigenvalue weighted by Crippen LogP contribution is -2.17. The van der Waals surface area contributed by atoms with Crippen molar-refractivity contribution in [1.82, 2.24) is 10.3 Å². The summed E-state index contributed by atoms with van der Waals surface area (Å²) in [5.41, 5.74) is 1.21. The number of hydrogen-bond acceptors (Lipinski definition) is 4. The molecule has 0 radical (unpaired) electrons. The Morgan fingerprint density at radius 1 is 1.44 bits per heavy atom. The van der Waals surface area contributed by atoms with Crippen LogP contribution in [0.5, 0.6) is 0 Å². The highest BCUT2D eigenvalue weighted by molar-refractivity contribution is 7.09. The fourth-order valence-electron chi connectivity index (χ4n) is 2.06. The SMILES string of the molecule is c1sc(C2CCCOC2)nc1CNC1CC1. The molecule has 2 fully saturated rings. The Kier molecular flexibility index (Phi) is 3.22. The van der Waals surface area contributed by atoms with Gasteiger partial charge in [-0.2, -0.15) is 0 Å². The van der Waals surface area contributed by atoms with E-state index in [2.05, 4.69) is 10.7 Å². The first-order valence-corrected chi connectivity index (χ1v) is 7.05. The predicted octanol–water partition coefficient (Wildman–Crippen LogP) is 2.29. The lowest BCUT2D eigenvalue weighted by molar-refractivity contribution is 0.0803. The molecule has 1 aromatic rings. The lowest BCUT2D eigenvalue weighted by atomic mass is 10.0. The third kappa shape index (κ3) is 2.62. The zero-order valence-corrected chi connectivity index (χ0v) is 10.3. The molecule has 88 valence electrons. The van der Waals surface area contributed by atoms with Gasteiger partial charge in [0.15, 0.2) is 0 Å². The largest absolute Gasteiger partial charge is 0.381 e. The zero-order chi connectivity index (χ0) is 10.8. The Balaban J connectivity index is 1.57. The van der Waals surface area contributed by atoms with Crippen LogP contribution in [0.2, 0.25) is 0 Å². The van der Waals surface area contributed by atoms with Crippen molar-refractivity contribution in [3.8, 4) is 0 Å². The van der Waals surface area contributed by atoms with Crippen molar-refractivity contribution in [2.75, 3.05) is 13.2 Å². The predicted molar refractivity (Wildman–Crippen MR) is 64.8 cm³/mol. The number of thiazole rings is 1. The van der Waals surface area contributed by atoms with Gasteiger partial charge in [-0.3, -0.25) is 0 Å². The summed E-state index contributed by atoms with van der Waals surface area (Å²) in [7, 11) is 0. The maximum Gasteiger partial charge on any atom is 0.0982 e. The molecule has 0 spiro atoms. The number of ether oxygens (including phenoxy) is 1. The first kappa shape index (κ1) is 10.7. The third-order valence-corrected chi connectivity index (χ3v) is 4.28. The van der Waals surface area contributed by atoms with Gasteiger partial charge in [-0.25, -0.2) is 4.98 Å². The van der Waals surface area contributed by atoms with Crippen molar-refractivity contribution in [2.24, 2.45) is 0 Å². The van der Waals surface area contributed by atoms with Gasteiger partial charge in [0, 0.05) is 30.5 Å². The van der Waals surface area contributed by atoms with Gasteiger partial charge < -0.3 is 10.1 Å². The van der Waals surface area contributed by atoms with Crippen molar-refractivity contribution in [3.05, 3.63) is 16.1 Å². The van der Waals surface area contributed by atoms with Crippen LogP contribution in [-0.2, 0) is 11.3 Å². The van der Waals surface area contributed by atoms with E-state index >= 15 is 0 Å². The van der Waals surface area contributed by atoms with Crippen LogP contribution in [-0.4, -0.2) is 24.2 Å². The Hall–Kier alpha value is -0.450. The summed E-state index contributed by atoms with van der Waals surface area (Å²) in [6.07, 6.45) is 5.10. The van der Waals surface area contributed by atoms with Crippen LogP contribution in [0.3, 0.4) is 0 Å². The average molecular weight is 238 g/mol. The Bertz CT molecular complexity index is 343. The first-order valence-electron chi connectivity index (χ1n) is 6.17. The molecular formula is C12H18N2OS. The minimum absolute atomic E-state index is 0.549. The molecule has 2 aliphatic rings. The molecule has 1 atom stereocenters. The summed E-state index contributed by atoms with van der Waals surface area (Å²) in [6, 6.07) is 0.767. The van der Waals surface area contributed by atoms with Crippen LogP contribution in [0.1, 0.15) is 42.3 Å². The average Bonchev–Trinajstić information content (AvgIpc) is 3.05. The summed E-state index contributed by atoms with van der Waals surface area (Å²) in [5, 5.41) is 6.97. The van der Waals surface area contributed by atoms with Gasteiger partial charge >= 0.3 is 0 Å². The van der Waals surface area contributed by atoms with Gasteiger partial charge in [-0.05, 0) is 25.7 Å². The maximum absolute atomic E-state index is 5.50. The van der Waals surface area contributed by atoms with E-state index < -0.39 is 0 Å². The second-order valence-corrected chi connectivity index (χ2v) is 5.64. The van der Waals surface area contributed by atoms with Crippen LogP contribution in [0.4, 0.5) is 0 Å². The summed E-state index contributed by atoms with van der Waals surface area (Å²) in [4.78, 5) is 4.71. The molecule has 1 N–H and O–H groups in total. The fraction of sp³-hybridized carbons (Fsp3) is 0.750. The van der Waals surface area contributed by atoms with E-state index in [0.717, 1.165) is 25.8 Å². The molecule has 3 rings (SSSR count). The Morgan fingerprint density at radius 2 is 2.38 bits per heavy atom. The second kappa shape index (κ2) is 4.82. The third-order valence-electron chi connectivity index (χ3n) is 3.23. The molecule has 0 aromatic carbocycles. The second-order valence-electron chi connectivity index (χ2n) is 4.75. The number of nitrogens with zero attached hydrogens (tertiary/aromatic N) is 1. The fourth-order valence-corrected chi connectivity index (χ4v) is 3.00. The van der Waals surface area contributed by atoms with Gasteiger partial charge in [0.2, 0.25) is 0 Å². The van der Waals surface area contributed by atoms with E-state index in [1.54, 1.807) is 11.3 Å². The number of nitrogens with one attached hydrogen (secondary N) is 1. The van der Waals surface area contributed by atoms with Crippen molar-refractivity contribution < 1.29 is 4.74 Å². The molecule has 1 aliphatic carbocycles. The van der Waals surface area contributed by atoms with Crippen molar-refractivity contribution in [3.63, 3.8) is 0 Å². The molecule has 0 bridgehead atoms. The minimum atomic E-state index is 0.549. The molecular weight excluding hydrogens is 220 g/mol. The molecule has 2 heterocycles. The first-order chi connectivity index (χ1) is 7.92. The van der Waals surface area contributed by atoms with Gasteiger partial charge in [0.1, 0.15) is 0 Å². The van der Waals surface area contributed by atoms with Crippen LogP contribution < -0.4 is 5.32 Å². The van der Waals surface area contributed by atoms with Crippen molar-refractivity contribution in [2.45, 2.75) is 44.2 Å². The van der Waals surface area contributed by atoms with Gasteiger partial charge in [-0.1, -0.05) is 0 Å².